The van der Waals surface area contributed by atoms with E-state index in [0.717, 1.165) is 18.4 Å². The van der Waals surface area contributed by atoms with E-state index in [4.69, 9.17) is 9.26 Å². The van der Waals surface area contributed by atoms with Crippen LogP contribution in [0.4, 0.5) is 0 Å². The van der Waals surface area contributed by atoms with Gasteiger partial charge in [0.05, 0.1) is 18.7 Å². The standard InChI is InChI=1S/C18H22N2O4/c21-13-18(6-8-23-9-7-18)12-19-17(22)11-15-10-16(24-20-15)14-4-2-1-3-5-14/h1-5,10,21H,6-9,11-13H2,(H,19,22). The topological polar surface area (TPSA) is 84.6 Å². The summed E-state index contributed by atoms with van der Waals surface area (Å²) in [6, 6.07) is 11.4. The van der Waals surface area contributed by atoms with E-state index in [1.54, 1.807) is 6.07 Å². The Hall–Kier alpha value is -2.18. The largest absolute Gasteiger partial charge is 0.396 e. The zero-order valence-corrected chi connectivity index (χ0v) is 13.5. The molecule has 2 heterocycles. The van der Waals surface area contributed by atoms with Gasteiger partial charge >= 0.3 is 0 Å². The van der Waals surface area contributed by atoms with Gasteiger partial charge in [-0.1, -0.05) is 35.5 Å². The molecule has 1 aromatic carbocycles. The van der Waals surface area contributed by atoms with Gasteiger partial charge in [-0.3, -0.25) is 4.79 Å². The molecule has 0 aliphatic carbocycles. The summed E-state index contributed by atoms with van der Waals surface area (Å²) in [6.07, 6.45) is 1.67. The van der Waals surface area contributed by atoms with Crippen LogP contribution in [-0.2, 0) is 16.0 Å². The molecule has 0 spiro atoms. The van der Waals surface area contributed by atoms with Crippen LogP contribution >= 0.6 is 0 Å². The average Bonchev–Trinajstić information content (AvgIpc) is 3.10. The Morgan fingerprint density at radius 3 is 2.71 bits per heavy atom. The number of aromatic nitrogens is 1. The minimum atomic E-state index is -0.271. The average molecular weight is 330 g/mol. The lowest BCUT2D eigenvalue weighted by Gasteiger charge is -2.35. The van der Waals surface area contributed by atoms with Crippen molar-refractivity contribution in [2.24, 2.45) is 5.41 Å². The van der Waals surface area contributed by atoms with E-state index in [2.05, 4.69) is 10.5 Å². The van der Waals surface area contributed by atoms with E-state index in [0.29, 0.717) is 31.2 Å². The number of hydrogen-bond donors (Lipinski definition) is 2. The summed E-state index contributed by atoms with van der Waals surface area (Å²) in [6.45, 7) is 1.76. The van der Waals surface area contributed by atoms with Crippen molar-refractivity contribution in [2.75, 3.05) is 26.4 Å². The molecular formula is C18H22N2O4. The highest BCUT2D eigenvalue weighted by Gasteiger charge is 2.32. The Bertz CT molecular complexity index is 663. The van der Waals surface area contributed by atoms with Crippen LogP contribution in [0.3, 0.4) is 0 Å². The predicted molar refractivity (Wildman–Crippen MR) is 88.2 cm³/mol. The van der Waals surface area contributed by atoms with Crippen molar-refractivity contribution in [3.8, 4) is 11.3 Å². The van der Waals surface area contributed by atoms with Crippen LogP contribution in [-0.4, -0.2) is 42.5 Å². The molecule has 24 heavy (non-hydrogen) atoms. The number of carbonyl (C=O) groups excluding carboxylic acids is 1. The Balaban J connectivity index is 1.54. The van der Waals surface area contributed by atoms with E-state index in [9.17, 15) is 9.90 Å². The highest BCUT2D eigenvalue weighted by molar-refractivity contribution is 5.78. The van der Waals surface area contributed by atoms with Gasteiger partial charge in [0.2, 0.25) is 5.91 Å². The van der Waals surface area contributed by atoms with E-state index < -0.39 is 0 Å². The van der Waals surface area contributed by atoms with E-state index in [1.807, 2.05) is 30.3 Å². The van der Waals surface area contributed by atoms with Crippen LogP contribution in [0.25, 0.3) is 11.3 Å². The highest BCUT2D eigenvalue weighted by atomic mass is 16.5. The second kappa shape index (κ2) is 7.59. The summed E-state index contributed by atoms with van der Waals surface area (Å²) in [7, 11) is 0. The van der Waals surface area contributed by atoms with Crippen molar-refractivity contribution < 1.29 is 19.2 Å². The molecule has 128 valence electrons. The first-order valence-electron chi connectivity index (χ1n) is 8.17. The number of aliphatic hydroxyl groups excluding tert-OH is 1. The Morgan fingerprint density at radius 2 is 2.00 bits per heavy atom. The summed E-state index contributed by atoms with van der Waals surface area (Å²) < 4.78 is 10.6. The third-order valence-electron chi connectivity index (χ3n) is 4.51. The third-order valence-corrected chi connectivity index (χ3v) is 4.51. The minimum absolute atomic E-state index is 0.0543. The molecule has 1 amide bonds. The fourth-order valence-electron chi connectivity index (χ4n) is 2.84. The van der Waals surface area contributed by atoms with Crippen molar-refractivity contribution in [1.29, 1.82) is 0 Å². The molecule has 6 heteroatoms. The van der Waals surface area contributed by atoms with Crippen LogP contribution in [0.2, 0.25) is 0 Å². The maximum atomic E-state index is 12.2. The molecule has 1 saturated heterocycles. The summed E-state index contributed by atoms with van der Waals surface area (Å²) in [5.41, 5.74) is 1.25. The van der Waals surface area contributed by atoms with Gasteiger partial charge < -0.3 is 19.7 Å². The zero-order chi connectivity index (χ0) is 16.8. The lowest BCUT2D eigenvalue weighted by Crippen LogP contribution is -2.44. The van der Waals surface area contributed by atoms with Crippen molar-refractivity contribution in [3.05, 3.63) is 42.1 Å². The maximum absolute atomic E-state index is 12.2. The molecule has 0 radical (unpaired) electrons. The van der Waals surface area contributed by atoms with Crippen molar-refractivity contribution >= 4 is 5.91 Å². The second-order valence-electron chi connectivity index (χ2n) is 6.27. The summed E-state index contributed by atoms with van der Waals surface area (Å²) in [4.78, 5) is 12.2. The molecule has 2 aromatic rings. The molecule has 1 aliphatic rings. The van der Waals surface area contributed by atoms with Crippen LogP contribution in [0.1, 0.15) is 18.5 Å². The molecule has 0 bridgehead atoms. The van der Waals surface area contributed by atoms with Crippen LogP contribution < -0.4 is 5.32 Å². The maximum Gasteiger partial charge on any atom is 0.226 e. The Morgan fingerprint density at radius 1 is 1.25 bits per heavy atom. The number of nitrogens with one attached hydrogen (secondary N) is 1. The fraction of sp³-hybridized carbons (Fsp3) is 0.444. The Labute approximate surface area is 140 Å². The highest BCUT2D eigenvalue weighted by Crippen LogP contribution is 2.29. The lowest BCUT2D eigenvalue weighted by molar-refractivity contribution is -0.121. The molecule has 0 atom stereocenters. The molecule has 3 rings (SSSR count). The number of amides is 1. The van der Waals surface area contributed by atoms with Crippen molar-refractivity contribution in [3.63, 3.8) is 0 Å². The molecule has 1 aliphatic heterocycles. The van der Waals surface area contributed by atoms with Gasteiger partial charge in [-0.2, -0.15) is 0 Å². The van der Waals surface area contributed by atoms with Gasteiger partial charge in [0, 0.05) is 36.8 Å². The first kappa shape index (κ1) is 16.7. The Kier molecular flexibility index (Phi) is 5.27. The molecule has 0 unspecified atom stereocenters. The molecular weight excluding hydrogens is 308 g/mol. The summed E-state index contributed by atoms with van der Waals surface area (Å²) >= 11 is 0. The molecule has 2 N–H and O–H groups in total. The van der Waals surface area contributed by atoms with Crippen LogP contribution in [0.15, 0.2) is 40.9 Å². The molecule has 6 nitrogen and oxygen atoms in total. The molecule has 1 fully saturated rings. The lowest BCUT2D eigenvalue weighted by atomic mass is 9.81. The number of benzene rings is 1. The van der Waals surface area contributed by atoms with Gasteiger partial charge in [0.15, 0.2) is 5.76 Å². The van der Waals surface area contributed by atoms with Gasteiger partial charge in [-0.05, 0) is 12.8 Å². The first-order valence-corrected chi connectivity index (χ1v) is 8.17. The van der Waals surface area contributed by atoms with Crippen molar-refractivity contribution in [1.82, 2.24) is 10.5 Å². The normalized spacial score (nSPS) is 16.7. The summed E-state index contributed by atoms with van der Waals surface area (Å²) in [5.74, 6) is 0.525. The van der Waals surface area contributed by atoms with E-state index >= 15 is 0 Å². The number of aliphatic hydroxyl groups is 1. The SMILES string of the molecule is O=C(Cc1cc(-c2ccccc2)on1)NCC1(CO)CCOCC1. The predicted octanol–water partition coefficient (Wildman–Crippen LogP) is 1.79. The van der Waals surface area contributed by atoms with E-state index in [-0.39, 0.29) is 24.3 Å². The van der Waals surface area contributed by atoms with Gasteiger partial charge in [-0.25, -0.2) is 0 Å². The smallest absolute Gasteiger partial charge is 0.226 e. The van der Waals surface area contributed by atoms with Crippen LogP contribution in [0.5, 0.6) is 0 Å². The fourth-order valence-corrected chi connectivity index (χ4v) is 2.84. The van der Waals surface area contributed by atoms with Crippen LogP contribution in [0, 0.1) is 5.41 Å². The number of hydrogen-bond acceptors (Lipinski definition) is 5. The van der Waals surface area contributed by atoms with Gasteiger partial charge in [0.25, 0.3) is 0 Å². The number of ether oxygens (including phenoxy) is 1. The third kappa shape index (κ3) is 4.01. The van der Waals surface area contributed by atoms with Gasteiger partial charge in [-0.15, -0.1) is 0 Å². The first-order chi connectivity index (χ1) is 11.7. The van der Waals surface area contributed by atoms with Gasteiger partial charge in [0.1, 0.15) is 0 Å². The van der Waals surface area contributed by atoms with E-state index in [1.165, 1.54) is 0 Å². The number of nitrogens with zero attached hydrogens (tertiary/aromatic N) is 1. The summed E-state index contributed by atoms with van der Waals surface area (Å²) in [5, 5.41) is 16.5. The number of carbonyl (C=O) groups is 1. The zero-order valence-electron chi connectivity index (χ0n) is 13.5. The molecule has 0 saturated carbocycles. The number of rotatable bonds is 6. The van der Waals surface area contributed by atoms with Crippen molar-refractivity contribution in [2.45, 2.75) is 19.3 Å². The quantitative estimate of drug-likeness (QED) is 0.843. The molecule has 1 aromatic heterocycles. The monoisotopic (exact) mass is 330 g/mol. The second-order valence-corrected chi connectivity index (χ2v) is 6.27. The minimum Gasteiger partial charge on any atom is -0.396 e.